The lowest BCUT2D eigenvalue weighted by molar-refractivity contribution is -0.125. The van der Waals surface area contributed by atoms with E-state index in [1.165, 1.54) is 0 Å². The van der Waals surface area contributed by atoms with E-state index in [2.05, 4.69) is 5.43 Å². The molecule has 1 aromatic rings. The summed E-state index contributed by atoms with van der Waals surface area (Å²) in [7, 11) is 0. The van der Waals surface area contributed by atoms with Crippen LogP contribution in [0.15, 0.2) is 30.3 Å². The molecule has 1 rings (SSSR count). The fourth-order valence-corrected chi connectivity index (χ4v) is 1.54. The summed E-state index contributed by atoms with van der Waals surface area (Å²) in [5, 5.41) is 8.61. The number of hydrogen-bond donors (Lipinski definition) is 4. The maximum atomic E-state index is 11.3. The van der Waals surface area contributed by atoms with Gasteiger partial charge < -0.3 is 10.0 Å². The van der Waals surface area contributed by atoms with Gasteiger partial charge in [0.15, 0.2) is 0 Å². The molecule has 0 saturated carbocycles. The van der Waals surface area contributed by atoms with Gasteiger partial charge in [-0.3, -0.25) is 10.2 Å². The van der Waals surface area contributed by atoms with Gasteiger partial charge in [0.05, 0.1) is 5.92 Å². The van der Waals surface area contributed by atoms with E-state index in [1.807, 2.05) is 42.6 Å². The first-order chi connectivity index (χ1) is 8.77. The number of hydrogen-bond acceptors (Lipinski definition) is 5. The molecule has 0 radical (unpaired) electrons. The molecule has 6 nitrogen and oxygen atoms in total. The molecule has 0 fully saturated rings. The second kappa shape index (κ2) is 10.4. The minimum atomic E-state index is -0.324. The molecule has 5 N–H and O–H groups in total. The summed E-state index contributed by atoms with van der Waals surface area (Å²) >= 11 is 0. The van der Waals surface area contributed by atoms with Crippen LogP contribution >= 0.6 is 0 Å². The van der Waals surface area contributed by atoms with Crippen LogP contribution in [0.4, 0.5) is 0 Å². The van der Waals surface area contributed by atoms with E-state index in [9.17, 15) is 4.79 Å². The summed E-state index contributed by atoms with van der Waals surface area (Å²) in [6, 6.07) is 9.87. The van der Waals surface area contributed by atoms with Crippen molar-refractivity contribution in [1.82, 2.24) is 10.9 Å². The molecule has 0 aliphatic carbocycles. The highest BCUT2D eigenvalue weighted by atomic mass is 16.5. The number of aryl methyl sites for hydroxylation is 1. The summed E-state index contributed by atoms with van der Waals surface area (Å²) in [4.78, 5) is 19.3. The zero-order valence-corrected chi connectivity index (χ0v) is 10.1. The van der Waals surface area contributed by atoms with Gasteiger partial charge in [-0.1, -0.05) is 30.3 Å². The Morgan fingerprint density at radius 2 is 1.94 bits per heavy atom. The lowest BCUT2D eigenvalue weighted by Crippen LogP contribution is -2.40. The highest BCUT2D eigenvalue weighted by Crippen LogP contribution is 2.09. The van der Waals surface area contributed by atoms with Gasteiger partial charge in [-0.25, -0.2) is 11.3 Å². The van der Waals surface area contributed by atoms with Crippen LogP contribution < -0.4 is 16.7 Å². The van der Waals surface area contributed by atoms with Crippen molar-refractivity contribution in [2.24, 2.45) is 11.8 Å². The number of amides is 1. The van der Waals surface area contributed by atoms with Gasteiger partial charge in [-0.15, -0.1) is 0 Å². The van der Waals surface area contributed by atoms with Crippen molar-refractivity contribution in [2.75, 3.05) is 6.54 Å². The minimum Gasteiger partial charge on any atom is -0.317 e. The monoisotopic (exact) mass is 253 g/mol. The van der Waals surface area contributed by atoms with Gasteiger partial charge in [-0.05, 0) is 18.4 Å². The first-order valence-corrected chi connectivity index (χ1v) is 5.48. The standard InChI is InChI=1S/C11H17N3O2.CH2O/c12-14-11(15)10(8-13-16)7-6-9-4-2-1-3-5-9;1-2/h1-5,10,13,16H,6-8,12H2,(H,14,15);1H2. The van der Waals surface area contributed by atoms with Crippen LogP contribution in [0.3, 0.4) is 0 Å². The third-order valence-corrected chi connectivity index (χ3v) is 2.48. The largest absolute Gasteiger partial charge is 0.317 e. The maximum absolute atomic E-state index is 11.3. The van der Waals surface area contributed by atoms with Crippen molar-refractivity contribution in [3.63, 3.8) is 0 Å². The molecule has 1 atom stereocenters. The molecule has 1 unspecified atom stereocenters. The average molecular weight is 253 g/mol. The molecule has 6 heteroatoms. The fraction of sp³-hybridized carbons (Fsp3) is 0.333. The second-order valence-electron chi connectivity index (χ2n) is 3.59. The number of hydroxylamine groups is 1. The summed E-state index contributed by atoms with van der Waals surface area (Å²) < 4.78 is 0. The van der Waals surface area contributed by atoms with E-state index in [1.54, 1.807) is 0 Å². The van der Waals surface area contributed by atoms with Crippen molar-refractivity contribution in [3.05, 3.63) is 35.9 Å². The predicted molar refractivity (Wildman–Crippen MR) is 67.5 cm³/mol. The molecule has 0 bridgehead atoms. The highest BCUT2D eigenvalue weighted by Gasteiger charge is 2.16. The maximum Gasteiger partial charge on any atom is 0.238 e. The Balaban J connectivity index is 0.00000137. The number of carbonyl (C=O) groups excluding carboxylic acids is 2. The molecular weight excluding hydrogens is 234 g/mol. The van der Waals surface area contributed by atoms with Gasteiger partial charge in [0, 0.05) is 6.54 Å². The van der Waals surface area contributed by atoms with Crippen LogP contribution in [0.2, 0.25) is 0 Å². The van der Waals surface area contributed by atoms with E-state index < -0.39 is 0 Å². The van der Waals surface area contributed by atoms with Crippen LogP contribution in [-0.4, -0.2) is 24.4 Å². The number of nitrogens with one attached hydrogen (secondary N) is 2. The molecule has 1 amide bonds. The molecule has 100 valence electrons. The number of rotatable bonds is 6. The summed E-state index contributed by atoms with van der Waals surface area (Å²) in [6.07, 6.45) is 1.42. The predicted octanol–water partition coefficient (Wildman–Crippen LogP) is 0.0192. The number of nitrogens with two attached hydrogens (primary N) is 1. The van der Waals surface area contributed by atoms with E-state index in [-0.39, 0.29) is 18.4 Å². The summed E-state index contributed by atoms with van der Waals surface area (Å²) in [5.41, 5.74) is 5.26. The zero-order chi connectivity index (χ0) is 13.8. The smallest absolute Gasteiger partial charge is 0.238 e. The minimum absolute atomic E-state index is 0.204. The molecule has 0 aliphatic rings. The quantitative estimate of drug-likeness (QED) is 0.325. The fourth-order valence-electron chi connectivity index (χ4n) is 1.54. The van der Waals surface area contributed by atoms with Crippen molar-refractivity contribution in [3.8, 4) is 0 Å². The van der Waals surface area contributed by atoms with Crippen molar-refractivity contribution >= 4 is 12.7 Å². The Bertz CT molecular complexity index is 333. The average Bonchev–Trinajstić information content (AvgIpc) is 2.46. The van der Waals surface area contributed by atoms with Gasteiger partial charge in [0.1, 0.15) is 6.79 Å². The highest BCUT2D eigenvalue weighted by molar-refractivity contribution is 5.78. The van der Waals surface area contributed by atoms with E-state index >= 15 is 0 Å². The van der Waals surface area contributed by atoms with Crippen molar-refractivity contribution < 1.29 is 14.8 Å². The van der Waals surface area contributed by atoms with Crippen molar-refractivity contribution in [2.45, 2.75) is 12.8 Å². The van der Waals surface area contributed by atoms with E-state index in [0.717, 1.165) is 12.0 Å². The zero-order valence-electron chi connectivity index (χ0n) is 10.1. The molecule has 0 aromatic heterocycles. The Hall–Kier alpha value is -1.76. The van der Waals surface area contributed by atoms with Gasteiger partial charge >= 0.3 is 0 Å². The number of hydrazine groups is 1. The first kappa shape index (κ1) is 16.2. The molecule has 0 heterocycles. The lowest BCUT2D eigenvalue weighted by Gasteiger charge is -2.13. The lowest BCUT2D eigenvalue weighted by atomic mass is 9.99. The molecule has 1 aromatic carbocycles. The van der Waals surface area contributed by atoms with Crippen LogP contribution in [0.1, 0.15) is 12.0 Å². The third kappa shape index (κ3) is 6.09. The SMILES string of the molecule is C=O.NNC(=O)C(CCc1ccccc1)CNO. The van der Waals surface area contributed by atoms with Crippen LogP contribution in [-0.2, 0) is 16.0 Å². The van der Waals surface area contributed by atoms with Crippen LogP contribution in [0, 0.1) is 5.92 Å². The van der Waals surface area contributed by atoms with Gasteiger partial charge in [-0.2, -0.15) is 0 Å². The normalized spacial score (nSPS) is 11.0. The molecule has 0 saturated heterocycles. The third-order valence-electron chi connectivity index (χ3n) is 2.48. The Kier molecular flexibility index (Phi) is 9.38. The van der Waals surface area contributed by atoms with Crippen LogP contribution in [0.5, 0.6) is 0 Å². The topological polar surface area (TPSA) is 104 Å². The summed E-state index contributed by atoms with van der Waals surface area (Å²) in [6.45, 7) is 2.20. The summed E-state index contributed by atoms with van der Waals surface area (Å²) in [5.74, 6) is 4.47. The molecule has 18 heavy (non-hydrogen) atoms. The first-order valence-electron chi connectivity index (χ1n) is 5.48. The van der Waals surface area contributed by atoms with Crippen molar-refractivity contribution in [1.29, 1.82) is 0 Å². The Morgan fingerprint density at radius 1 is 1.33 bits per heavy atom. The van der Waals surface area contributed by atoms with Crippen LogP contribution in [0.25, 0.3) is 0 Å². The number of benzene rings is 1. The Labute approximate surface area is 106 Å². The van der Waals surface area contributed by atoms with E-state index in [4.69, 9.17) is 15.8 Å². The number of carbonyl (C=O) groups is 2. The molecule has 0 spiro atoms. The van der Waals surface area contributed by atoms with E-state index in [0.29, 0.717) is 6.42 Å². The van der Waals surface area contributed by atoms with Gasteiger partial charge in [0.2, 0.25) is 5.91 Å². The second-order valence-corrected chi connectivity index (χ2v) is 3.59. The molecular formula is C12H19N3O3. The molecule has 0 aliphatic heterocycles. The Morgan fingerprint density at radius 3 is 2.44 bits per heavy atom. The van der Waals surface area contributed by atoms with Gasteiger partial charge in [0.25, 0.3) is 0 Å².